The van der Waals surface area contributed by atoms with E-state index in [1.807, 2.05) is 0 Å². The predicted octanol–water partition coefficient (Wildman–Crippen LogP) is 3.91. The van der Waals surface area contributed by atoms with Gasteiger partial charge in [0.25, 0.3) is 0 Å². The van der Waals surface area contributed by atoms with Crippen molar-refractivity contribution >= 4 is 7.12 Å². The molecule has 2 fully saturated rings. The highest BCUT2D eigenvalue weighted by molar-refractivity contribution is 6.51. The molecule has 0 aromatic heterocycles. The van der Waals surface area contributed by atoms with Crippen LogP contribution < -0.4 is 0 Å². The Morgan fingerprint density at radius 3 is 2.40 bits per heavy atom. The fourth-order valence-corrected chi connectivity index (χ4v) is 2.76. The van der Waals surface area contributed by atoms with Crippen LogP contribution in [0.3, 0.4) is 0 Å². The molecule has 0 amide bonds. The Morgan fingerprint density at radius 2 is 1.80 bits per heavy atom. The smallest absolute Gasteiger partial charge is 0.400 e. The first kappa shape index (κ1) is 16.1. The van der Waals surface area contributed by atoms with Gasteiger partial charge in [-0.25, -0.2) is 0 Å². The zero-order chi connectivity index (χ0) is 14.8. The van der Waals surface area contributed by atoms with Crippen LogP contribution in [0.2, 0.25) is 0 Å². The molecule has 2 heterocycles. The average molecular weight is 280 g/mol. The summed E-state index contributed by atoms with van der Waals surface area (Å²) in [6.45, 7) is 11.4. The van der Waals surface area contributed by atoms with Crippen LogP contribution in [0.1, 0.15) is 66.7 Å². The molecule has 0 aromatic rings. The van der Waals surface area contributed by atoms with E-state index in [0.717, 1.165) is 19.4 Å². The van der Waals surface area contributed by atoms with Crippen LogP contribution in [-0.4, -0.2) is 31.0 Å². The van der Waals surface area contributed by atoms with E-state index in [0.29, 0.717) is 0 Å². The summed E-state index contributed by atoms with van der Waals surface area (Å²) in [6, 6.07) is 0. The summed E-state index contributed by atoms with van der Waals surface area (Å²) in [5, 5.41) is 0. The summed E-state index contributed by atoms with van der Waals surface area (Å²) < 4.78 is 17.9. The minimum atomic E-state index is -0.258. The van der Waals surface area contributed by atoms with Crippen molar-refractivity contribution < 1.29 is 14.0 Å². The van der Waals surface area contributed by atoms with Gasteiger partial charge >= 0.3 is 7.12 Å². The van der Waals surface area contributed by atoms with E-state index in [1.165, 1.54) is 24.8 Å². The van der Waals surface area contributed by atoms with Gasteiger partial charge < -0.3 is 14.0 Å². The quantitative estimate of drug-likeness (QED) is 0.564. The van der Waals surface area contributed by atoms with Crippen LogP contribution in [0.5, 0.6) is 0 Å². The summed E-state index contributed by atoms with van der Waals surface area (Å²) >= 11 is 0. The van der Waals surface area contributed by atoms with E-state index in [2.05, 4.69) is 40.6 Å². The highest BCUT2D eigenvalue weighted by Crippen LogP contribution is 2.38. The van der Waals surface area contributed by atoms with Crippen LogP contribution in [0.4, 0.5) is 0 Å². The van der Waals surface area contributed by atoms with E-state index < -0.39 is 0 Å². The first-order chi connectivity index (χ1) is 9.36. The molecule has 2 aliphatic heterocycles. The van der Waals surface area contributed by atoms with Gasteiger partial charge in [0.2, 0.25) is 0 Å². The molecular formula is C16H29BO3. The normalized spacial score (nSPS) is 30.4. The Morgan fingerprint density at radius 1 is 1.15 bits per heavy atom. The lowest BCUT2D eigenvalue weighted by atomic mass is 9.84. The average Bonchev–Trinajstić information content (AvgIpc) is 2.83. The van der Waals surface area contributed by atoms with Gasteiger partial charge in [0.05, 0.1) is 23.9 Å². The van der Waals surface area contributed by atoms with Crippen LogP contribution >= 0.6 is 0 Å². The van der Waals surface area contributed by atoms with Crippen LogP contribution in [0.15, 0.2) is 11.5 Å². The van der Waals surface area contributed by atoms with Crippen molar-refractivity contribution in [3.05, 3.63) is 11.5 Å². The maximum absolute atomic E-state index is 6.05. The van der Waals surface area contributed by atoms with Gasteiger partial charge in [0.15, 0.2) is 0 Å². The van der Waals surface area contributed by atoms with Gasteiger partial charge in [-0.15, -0.1) is 0 Å². The van der Waals surface area contributed by atoms with Crippen LogP contribution in [0, 0.1) is 0 Å². The molecule has 0 aromatic carbocycles. The first-order valence-corrected chi connectivity index (χ1v) is 8.03. The molecule has 0 saturated carbocycles. The Balaban J connectivity index is 1.96. The number of unbranched alkanes of at least 4 members (excludes halogenated alkanes) is 2. The third kappa shape index (κ3) is 3.47. The maximum Gasteiger partial charge on any atom is 0.487 e. The fourth-order valence-electron chi connectivity index (χ4n) is 2.76. The molecule has 20 heavy (non-hydrogen) atoms. The van der Waals surface area contributed by atoms with Crippen LogP contribution in [0.25, 0.3) is 0 Å². The summed E-state index contributed by atoms with van der Waals surface area (Å²) in [5.41, 5.74) is 0.845. The first-order valence-electron chi connectivity index (χ1n) is 8.03. The molecule has 0 N–H and O–H groups in total. The number of ether oxygens (including phenoxy) is 1. The highest BCUT2D eigenvalue weighted by atomic mass is 16.7. The Labute approximate surface area is 124 Å². The monoisotopic (exact) mass is 280 g/mol. The number of rotatable bonds is 5. The summed E-state index contributed by atoms with van der Waals surface area (Å²) in [4.78, 5) is 0. The van der Waals surface area contributed by atoms with Crippen molar-refractivity contribution in [1.29, 1.82) is 0 Å². The standard InChI is InChI=1S/C16H29BO3/c1-6-7-8-9-14-13(10-11-18-14)12-17-19-15(2,3)16(4,5)20-17/h12,14H,6-11H2,1-5H3/b13-12+. The SMILES string of the molecule is CCCCCC1OCC/C1=C\B1OC(C)(C)C(C)(C)O1. The molecule has 0 radical (unpaired) electrons. The van der Waals surface area contributed by atoms with E-state index in [4.69, 9.17) is 14.0 Å². The molecule has 114 valence electrons. The molecular weight excluding hydrogens is 251 g/mol. The summed E-state index contributed by atoms with van der Waals surface area (Å²) in [7, 11) is -0.231. The Bertz CT molecular complexity index is 347. The zero-order valence-corrected chi connectivity index (χ0v) is 13.7. The largest absolute Gasteiger partial charge is 0.487 e. The third-order valence-corrected chi connectivity index (χ3v) is 4.81. The minimum Gasteiger partial charge on any atom is -0.400 e. The van der Waals surface area contributed by atoms with Gasteiger partial charge in [-0.05, 0) is 46.1 Å². The maximum atomic E-state index is 6.05. The molecule has 1 unspecified atom stereocenters. The van der Waals surface area contributed by atoms with Crippen molar-refractivity contribution in [3.63, 3.8) is 0 Å². The van der Waals surface area contributed by atoms with Gasteiger partial charge in [-0.3, -0.25) is 0 Å². The van der Waals surface area contributed by atoms with Crippen molar-refractivity contribution in [1.82, 2.24) is 0 Å². The van der Waals surface area contributed by atoms with E-state index >= 15 is 0 Å². The van der Waals surface area contributed by atoms with Crippen molar-refractivity contribution in [2.75, 3.05) is 6.61 Å². The lowest BCUT2D eigenvalue weighted by molar-refractivity contribution is 0.00578. The van der Waals surface area contributed by atoms with Gasteiger partial charge in [-0.1, -0.05) is 32.2 Å². The molecule has 3 nitrogen and oxygen atoms in total. The molecule has 1 atom stereocenters. The lowest BCUT2D eigenvalue weighted by Gasteiger charge is -2.32. The number of hydrogen-bond donors (Lipinski definition) is 0. The van der Waals surface area contributed by atoms with Crippen molar-refractivity contribution in [2.45, 2.75) is 84.0 Å². The Hall–Kier alpha value is -0.315. The fraction of sp³-hybridized carbons (Fsp3) is 0.875. The van der Waals surface area contributed by atoms with E-state index in [1.54, 1.807) is 0 Å². The molecule has 0 spiro atoms. The molecule has 4 heteroatoms. The van der Waals surface area contributed by atoms with E-state index in [-0.39, 0.29) is 24.4 Å². The molecule has 2 saturated heterocycles. The molecule has 2 rings (SSSR count). The second-order valence-electron chi connectivity index (χ2n) is 6.97. The summed E-state index contributed by atoms with van der Waals surface area (Å²) in [5.74, 6) is 2.15. The highest BCUT2D eigenvalue weighted by Gasteiger charge is 2.50. The summed E-state index contributed by atoms with van der Waals surface area (Å²) in [6.07, 6.45) is 6.19. The Kier molecular flexibility index (Phi) is 4.98. The molecule has 0 aliphatic carbocycles. The second-order valence-corrected chi connectivity index (χ2v) is 6.97. The second kappa shape index (κ2) is 6.21. The van der Waals surface area contributed by atoms with Gasteiger partial charge in [0.1, 0.15) is 0 Å². The van der Waals surface area contributed by atoms with Gasteiger partial charge in [-0.2, -0.15) is 0 Å². The topological polar surface area (TPSA) is 27.7 Å². The van der Waals surface area contributed by atoms with Gasteiger partial charge in [0, 0.05) is 0 Å². The zero-order valence-electron chi connectivity index (χ0n) is 13.7. The molecule has 0 bridgehead atoms. The predicted molar refractivity (Wildman–Crippen MR) is 82.7 cm³/mol. The lowest BCUT2D eigenvalue weighted by Crippen LogP contribution is -2.41. The number of hydrogen-bond acceptors (Lipinski definition) is 3. The molecule has 2 aliphatic rings. The van der Waals surface area contributed by atoms with E-state index in [9.17, 15) is 0 Å². The van der Waals surface area contributed by atoms with Crippen molar-refractivity contribution in [2.24, 2.45) is 0 Å². The third-order valence-electron chi connectivity index (χ3n) is 4.81. The van der Waals surface area contributed by atoms with Crippen molar-refractivity contribution in [3.8, 4) is 0 Å². The van der Waals surface area contributed by atoms with Crippen LogP contribution in [-0.2, 0) is 14.0 Å². The minimum absolute atomic E-state index is 0.231.